The number of halogens is 2. The van der Waals surface area contributed by atoms with Crippen LogP contribution >= 0.6 is 10.8 Å². The van der Waals surface area contributed by atoms with Gasteiger partial charge < -0.3 is 10.5 Å². The second-order valence-corrected chi connectivity index (χ2v) is 7.89. The summed E-state index contributed by atoms with van der Waals surface area (Å²) < 4.78 is 35.2. The third-order valence-electron chi connectivity index (χ3n) is 4.29. The number of nitrogens with zero attached hydrogens (tertiary/aromatic N) is 2. The predicted octanol–water partition coefficient (Wildman–Crippen LogP) is 4.90. The van der Waals surface area contributed by atoms with Gasteiger partial charge in [0, 0.05) is 12.4 Å². The summed E-state index contributed by atoms with van der Waals surface area (Å²) >= 11 is 0. The van der Waals surface area contributed by atoms with Crippen molar-refractivity contribution in [1.29, 1.82) is 0 Å². The number of rotatable bonds is 5. The van der Waals surface area contributed by atoms with Crippen LogP contribution in [0.1, 0.15) is 10.4 Å². The molecule has 0 fully saturated rings. The number of para-hydroxylation sites is 1. The predicted molar refractivity (Wildman–Crippen MR) is 105 cm³/mol. The van der Waals surface area contributed by atoms with E-state index in [4.69, 9.17) is 10.5 Å². The molecule has 142 valence electrons. The number of nitrogens with two attached hydrogens (primary N) is 1. The molecule has 3 aromatic rings. The van der Waals surface area contributed by atoms with E-state index >= 15 is 0 Å². The molecule has 8 heteroatoms. The van der Waals surface area contributed by atoms with Crippen molar-refractivity contribution in [3.8, 4) is 16.9 Å². The molecule has 1 amide bonds. The Morgan fingerprint density at radius 1 is 1.04 bits per heavy atom. The molecule has 2 N–H and O–H groups in total. The van der Waals surface area contributed by atoms with Crippen molar-refractivity contribution >= 4 is 27.4 Å². The monoisotopic (exact) mass is 399 g/mol. The number of aromatic nitrogens is 1. The summed E-state index contributed by atoms with van der Waals surface area (Å²) in [4.78, 5) is 19.5. The van der Waals surface area contributed by atoms with Crippen molar-refractivity contribution in [3.05, 3.63) is 72.6 Å². The van der Waals surface area contributed by atoms with Crippen LogP contribution in [0.25, 0.3) is 11.1 Å². The summed E-state index contributed by atoms with van der Waals surface area (Å²) in [6.07, 6.45) is 3.28. The largest absolute Gasteiger partial charge is 0.486 e. The number of pyridine rings is 1. The lowest BCUT2D eigenvalue weighted by atomic mass is 10.1. The fourth-order valence-electron chi connectivity index (χ4n) is 2.91. The SMILES string of the molecule is NC(=O)c1ccccc1OCC1=Nc2cc(-c3ccncc3)ccc2S1(F)F. The van der Waals surface area contributed by atoms with Gasteiger partial charge in [-0.3, -0.25) is 9.78 Å². The normalized spacial score (nSPS) is 15.4. The molecule has 4 rings (SSSR count). The molecule has 28 heavy (non-hydrogen) atoms. The highest BCUT2D eigenvalue weighted by molar-refractivity contribution is 8.38. The number of fused-ring (bicyclic) bond motifs is 1. The van der Waals surface area contributed by atoms with Crippen molar-refractivity contribution in [2.24, 2.45) is 10.7 Å². The lowest BCUT2D eigenvalue weighted by Gasteiger charge is -2.18. The number of hydrogen-bond donors (Lipinski definition) is 1. The van der Waals surface area contributed by atoms with Crippen molar-refractivity contribution in [2.45, 2.75) is 4.90 Å². The smallest absolute Gasteiger partial charge is 0.252 e. The Hall–Kier alpha value is -3.26. The van der Waals surface area contributed by atoms with Crippen molar-refractivity contribution in [3.63, 3.8) is 0 Å². The second kappa shape index (κ2) is 7.05. The highest BCUT2D eigenvalue weighted by atomic mass is 32.3. The van der Waals surface area contributed by atoms with Gasteiger partial charge in [0.2, 0.25) is 0 Å². The number of amides is 1. The van der Waals surface area contributed by atoms with Gasteiger partial charge in [-0.15, -0.1) is 7.77 Å². The molecule has 1 aliphatic rings. The molecular formula is C20H15F2N3O2S. The summed E-state index contributed by atoms with van der Waals surface area (Å²) in [5.41, 5.74) is 7.31. The number of ether oxygens (including phenoxy) is 1. The van der Waals surface area contributed by atoms with E-state index in [1.54, 1.807) is 48.8 Å². The summed E-state index contributed by atoms with van der Waals surface area (Å²) in [5.74, 6) is -0.533. The zero-order chi connectivity index (χ0) is 19.7. The van der Waals surface area contributed by atoms with Crippen LogP contribution in [0.15, 0.2) is 76.9 Å². The first-order valence-electron chi connectivity index (χ1n) is 8.33. The fourth-order valence-corrected chi connectivity index (χ4v) is 4.19. The van der Waals surface area contributed by atoms with Crippen LogP contribution < -0.4 is 10.5 Å². The average Bonchev–Trinajstić information content (AvgIpc) is 2.96. The van der Waals surface area contributed by atoms with Crippen LogP contribution in [-0.2, 0) is 0 Å². The minimum Gasteiger partial charge on any atom is -0.486 e. The van der Waals surface area contributed by atoms with Crippen molar-refractivity contribution < 1.29 is 17.3 Å². The molecule has 0 aliphatic carbocycles. The van der Waals surface area contributed by atoms with Crippen LogP contribution in [-0.4, -0.2) is 22.5 Å². The molecule has 5 nitrogen and oxygen atoms in total. The first-order valence-corrected chi connectivity index (χ1v) is 9.76. The summed E-state index contributed by atoms with van der Waals surface area (Å²) in [7, 11) is -4.25. The number of benzene rings is 2. The molecule has 0 saturated carbocycles. The fraction of sp³-hybridized carbons (Fsp3) is 0.0500. The maximum absolute atomic E-state index is 14.9. The Kier molecular flexibility index (Phi) is 4.56. The molecule has 0 unspecified atom stereocenters. The Morgan fingerprint density at radius 2 is 1.79 bits per heavy atom. The lowest BCUT2D eigenvalue weighted by molar-refractivity contribution is 0.0997. The van der Waals surface area contributed by atoms with Crippen LogP contribution in [0.3, 0.4) is 0 Å². The molecular weight excluding hydrogens is 384 g/mol. The van der Waals surface area contributed by atoms with E-state index in [0.717, 1.165) is 11.1 Å². The summed E-state index contributed by atoms with van der Waals surface area (Å²) in [6, 6.07) is 14.6. The van der Waals surface area contributed by atoms with Gasteiger partial charge in [0.25, 0.3) is 5.91 Å². The van der Waals surface area contributed by atoms with E-state index in [1.165, 1.54) is 18.2 Å². The zero-order valence-corrected chi connectivity index (χ0v) is 15.3. The van der Waals surface area contributed by atoms with E-state index in [9.17, 15) is 12.6 Å². The van der Waals surface area contributed by atoms with Crippen LogP contribution in [0, 0.1) is 0 Å². The molecule has 0 atom stereocenters. The second-order valence-electron chi connectivity index (χ2n) is 6.04. The average molecular weight is 399 g/mol. The number of carbonyl (C=O) groups excluding carboxylic acids is 1. The third kappa shape index (κ3) is 3.22. The molecule has 1 aliphatic heterocycles. The molecule has 2 aromatic carbocycles. The zero-order valence-electron chi connectivity index (χ0n) is 14.5. The first-order chi connectivity index (χ1) is 13.5. The molecule has 0 saturated heterocycles. The quantitative estimate of drug-likeness (QED) is 0.663. The van der Waals surface area contributed by atoms with Gasteiger partial charge in [0.05, 0.1) is 16.1 Å². The maximum Gasteiger partial charge on any atom is 0.252 e. The van der Waals surface area contributed by atoms with Crippen LogP contribution in [0.4, 0.5) is 13.5 Å². The van der Waals surface area contributed by atoms with Gasteiger partial charge in [0.15, 0.2) is 5.04 Å². The highest BCUT2D eigenvalue weighted by Crippen LogP contribution is 2.67. The van der Waals surface area contributed by atoms with Gasteiger partial charge >= 0.3 is 0 Å². The topological polar surface area (TPSA) is 77.6 Å². The van der Waals surface area contributed by atoms with Gasteiger partial charge in [-0.25, -0.2) is 4.99 Å². The Bertz CT molecular complexity index is 1090. The number of carbonyl (C=O) groups is 1. The molecule has 0 bridgehead atoms. The molecule has 2 heterocycles. The van der Waals surface area contributed by atoms with E-state index in [2.05, 4.69) is 9.98 Å². The minimum atomic E-state index is -4.25. The van der Waals surface area contributed by atoms with Crippen molar-refractivity contribution in [2.75, 3.05) is 6.61 Å². The Morgan fingerprint density at radius 3 is 2.54 bits per heavy atom. The Labute approximate surface area is 161 Å². The summed E-state index contributed by atoms with van der Waals surface area (Å²) in [6.45, 7) is -0.425. The maximum atomic E-state index is 14.9. The Balaban J connectivity index is 1.62. The molecule has 1 aromatic heterocycles. The van der Waals surface area contributed by atoms with E-state index < -0.39 is 23.3 Å². The summed E-state index contributed by atoms with van der Waals surface area (Å²) in [5, 5.41) is -0.339. The number of primary amides is 1. The van der Waals surface area contributed by atoms with Gasteiger partial charge in [-0.2, -0.15) is 0 Å². The standard InChI is InChI=1S/C20H15F2N3O2S/c21-28(22)18-6-5-14(13-7-9-24-10-8-13)11-16(18)25-19(28)12-27-17-4-2-1-3-15(17)20(23)26/h1-11H,12H2,(H2,23,26). The van der Waals surface area contributed by atoms with Crippen molar-refractivity contribution in [1.82, 2.24) is 4.98 Å². The molecule has 0 spiro atoms. The minimum absolute atomic E-state index is 0.0907. The third-order valence-corrected chi connectivity index (χ3v) is 5.99. The lowest BCUT2D eigenvalue weighted by Crippen LogP contribution is -2.16. The van der Waals surface area contributed by atoms with Crippen LogP contribution in [0.5, 0.6) is 5.75 Å². The van der Waals surface area contributed by atoms with Gasteiger partial charge in [-0.05, 0) is 47.5 Å². The number of hydrogen-bond acceptors (Lipinski definition) is 4. The number of aliphatic imine (C=N–C) groups is 1. The highest BCUT2D eigenvalue weighted by Gasteiger charge is 2.40. The van der Waals surface area contributed by atoms with Crippen LogP contribution in [0.2, 0.25) is 0 Å². The van der Waals surface area contributed by atoms with Gasteiger partial charge in [-0.1, -0.05) is 18.2 Å². The van der Waals surface area contributed by atoms with E-state index in [0.29, 0.717) is 0 Å². The molecule has 0 radical (unpaired) electrons. The van der Waals surface area contributed by atoms with E-state index in [1.807, 2.05) is 0 Å². The van der Waals surface area contributed by atoms with E-state index in [-0.39, 0.29) is 26.9 Å². The first kappa shape index (κ1) is 18.1. The van der Waals surface area contributed by atoms with Gasteiger partial charge in [0.1, 0.15) is 23.2 Å².